The second kappa shape index (κ2) is 7.66. The van der Waals surface area contributed by atoms with Crippen molar-refractivity contribution < 1.29 is 29.6 Å². The van der Waals surface area contributed by atoms with Crippen molar-refractivity contribution in [3.8, 4) is 0 Å². The van der Waals surface area contributed by atoms with Gasteiger partial charge in [-0.05, 0) is 5.56 Å². The zero-order chi connectivity index (χ0) is 16.1. The molecule has 1 fully saturated rings. The highest BCUT2D eigenvalue weighted by Gasteiger charge is 2.45. The van der Waals surface area contributed by atoms with Gasteiger partial charge >= 0.3 is 0 Å². The monoisotopic (exact) mass is 311 g/mol. The van der Waals surface area contributed by atoms with Gasteiger partial charge in [0.15, 0.2) is 6.29 Å². The first-order valence-corrected chi connectivity index (χ1v) is 7.08. The summed E-state index contributed by atoms with van der Waals surface area (Å²) in [6.45, 7) is 1.05. The third kappa shape index (κ3) is 4.02. The van der Waals surface area contributed by atoms with Gasteiger partial charge in [0.2, 0.25) is 5.91 Å². The van der Waals surface area contributed by atoms with Gasteiger partial charge in [0.25, 0.3) is 0 Å². The van der Waals surface area contributed by atoms with Crippen molar-refractivity contribution >= 4 is 5.91 Å². The third-order valence-corrected chi connectivity index (χ3v) is 3.51. The molecule has 1 amide bonds. The number of aliphatic hydroxyl groups excluding tert-OH is 3. The van der Waals surface area contributed by atoms with E-state index in [9.17, 15) is 20.1 Å². The number of carbonyl (C=O) groups excluding carboxylic acids is 1. The molecule has 1 heterocycles. The van der Waals surface area contributed by atoms with Crippen molar-refractivity contribution in [1.29, 1.82) is 0 Å². The molecule has 0 spiro atoms. The smallest absolute Gasteiger partial charge is 0.217 e. The zero-order valence-corrected chi connectivity index (χ0v) is 12.3. The van der Waals surface area contributed by atoms with Crippen molar-refractivity contribution in [2.24, 2.45) is 0 Å². The van der Waals surface area contributed by atoms with Crippen LogP contribution in [0.1, 0.15) is 12.5 Å². The summed E-state index contributed by atoms with van der Waals surface area (Å²) in [5, 5.41) is 31.7. The van der Waals surface area contributed by atoms with Gasteiger partial charge in [-0.3, -0.25) is 4.79 Å². The first-order valence-electron chi connectivity index (χ1n) is 7.08. The molecule has 122 valence electrons. The third-order valence-electron chi connectivity index (χ3n) is 3.51. The highest BCUT2D eigenvalue weighted by atomic mass is 16.7. The minimum atomic E-state index is -1.31. The Morgan fingerprint density at radius 1 is 1.27 bits per heavy atom. The number of ether oxygens (including phenoxy) is 2. The van der Waals surface area contributed by atoms with Crippen LogP contribution in [0.5, 0.6) is 0 Å². The lowest BCUT2D eigenvalue weighted by Crippen LogP contribution is -2.64. The Morgan fingerprint density at radius 3 is 2.55 bits per heavy atom. The Morgan fingerprint density at radius 2 is 1.95 bits per heavy atom. The van der Waals surface area contributed by atoms with Crippen LogP contribution >= 0.6 is 0 Å². The van der Waals surface area contributed by atoms with E-state index >= 15 is 0 Å². The van der Waals surface area contributed by atoms with Crippen LogP contribution in [0, 0.1) is 0 Å². The Balaban J connectivity index is 2.07. The minimum absolute atomic E-state index is 0.211. The average molecular weight is 311 g/mol. The van der Waals surface area contributed by atoms with Gasteiger partial charge in [0.1, 0.15) is 24.4 Å². The molecule has 1 aromatic rings. The molecule has 4 N–H and O–H groups in total. The van der Waals surface area contributed by atoms with Gasteiger partial charge in [-0.2, -0.15) is 0 Å². The average Bonchev–Trinajstić information content (AvgIpc) is 2.52. The number of hydrogen-bond donors (Lipinski definition) is 4. The Labute approximate surface area is 128 Å². The van der Waals surface area contributed by atoms with Crippen molar-refractivity contribution in [3.63, 3.8) is 0 Å². The maximum absolute atomic E-state index is 11.3. The van der Waals surface area contributed by atoms with Gasteiger partial charge in [0, 0.05) is 6.92 Å². The Bertz CT molecular complexity index is 482. The molecule has 5 atom stereocenters. The zero-order valence-electron chi connectivity index (χ0n) is 12.3. The molecular weight excluding hydrogens is 290 g/mol. The lowest BCUT2D eigenvalue weighted by molar-refractivity contribution is -0.273. The summed E-state index contributed by atoms with van der Waals surface area (Å²) in [7, 11) is 0. The summed E-state index contributed by atoms with van der Waals surface area (Å²) in [6, 6.07) is 8.42. The maximum atomic E-state index is 11.3. The summed E-state index contributed by atoms with van der Waals surface area (Å²) in [6.07, 6.45) is -4.55. The topological polar surface area (TPSA) is 108 Å². The van der Waals surface area contributed by atoms with Gasteiger partial charge in [0.05, 0.1) is 13.2 Å². The molecule has 7 heteroatoms. The van der Waals surface area contributed by atoms with Gasteiger partial charge in [-0.15, -0.1) is 0 Å². The van der Waals surface area contributed by atoms with E-state index < -0.39 is 37.3 Å². The molecule has 1 aliphatic heterocycles. The Kier molecular flexibility index (Phi) is 5.87. The molecule has 0 bridgehead atoms. The van der Waals surface area contributed by atoms with Crippen LogP contribution in [-0.4, -0.2) is 58.5 Å². The summed E-state index contributed by atoms with van der Waals surface area (Å²) in [5.74, 6) is -0.379. The fourth-order valence-electron chi connectivity index (χ4n) is 2.37. The Hall–Kier alpha value is -1.51. The van der Waals surface area contributed by atoms with E-state index in [4.69, 9.17) is 9.47 Å². The summed E-state index contributed by atoms with van der Waals surface area (Å²) in [5.41, 5.74) is 0.897. The molecule has 0 radical (unpaired) electrons. The number of carbonyl (C=O) groups is 1. The highest BCUT2D eigenvalue weighted by molar-refractivity contribution is 5.73. The first kappa shape index (κ1) is 16.9. The van der Waals surface area contributed by atoms with E-state index in [0.29, 0.717) is 0 Å². The first-order chi connectivity index (χ1) is 10.5. The van der Waals surface area contributed by atoms with E-state index in [1.165, 1.54) is 6.92 Å². The van der Waals surface area contributed by atoms with Crippen LogP contribution < -0.4 is 5.32 Å². The molecule has 1 aliphatic rings. The molecule has 1 aromatic carbocycles. The SMILES string of the molecule is CC(=O)N[C@H]1C(OCc2ccccc2)O[C@H](CO)[C@H](O)[C@@H]1O. The van der Waals surface area contributed by atoms with Crippen molar-refractivity contribution in [2.75, 3.05) is 6.61 Å². The number of nitrogens with one attached hydrogen (secondary N) is 1. The van der Waals surface area contributed by atoms with E-state index in [1.807, 2.05) is 30.3 Å². The predicted octanol–water partition coefficient (Wildman–Crippen LogP) is -0.853. The number of rotatable bonds is 5. The largest absolute Gasteiger partial charge is 0.394 e. The predicted molar refractivity (Wildman–Crippen MR) is 76.6 cm³/mol. The van der Waals surface area contributed by atoms with Crippen LogP contribution in [0.2, 0.25) is 0 Å². The summed E-state index contributed by atoms with van der Waals surface area (Å²) < 4.78 is 11.1. The second-order valence-corrected chi connectivity index (χ2v) is 5.23. The summed E-state index contributed by atoms with van der Waals surface area (Å²) >= 11 is 0. The quantitative estimate of drug-likeness (QED) is 0.564. The molecule has 1 saturated heterocycles. The van der Waals surface area contributed by atoms with Gasteiger partial charge < -0.3 is 30.1 Å². The van der Waals surface area contributed by atoms with Crippen molar-refractivity contribution in [1.82, 2.24) is 5.32 Å². The van der Waals surface area contributed by atoms with Crippen LogP contribution in [0.15, 0.2) is 30.3 Å². The second-order valence-electron chi connectivity index (χ2n) is 5.23. The lowest BCUT2D eigenvalue weighted by atomic mass is 9.97. The molecule has 0 aromatic heterocycles. The molecule has 0 aliphatic carbocycles. The van der Waals surface area contributed by atoms with Crippen molar-refractivity contribution in [2.45, 2.75) is 44.2 Å². The molecular formula is C15H21NO6. The van der Waals surface area contributed by atoms with Crippen LogP contribution in [0.4, 0.5) is 0 Å². The number of hydrogen-bond acceptors (Lipinski definition) is 6. The van der Waals surface area contributed by atoms with E-state index in [1.54, 1.807) is 0 Å². The standard InChI is InChI=1S/C15H21NO6/c1-9(18)16-12-14(20)13(19)11(7-17)22-15(12)21-8-10-5-3-2-4-6-10/h2-6,11-15,17,19-20H,7-8H2,1H3,(H,16,18)/t11-,12-,13+,14-,15?/m1/s1. The molecule has 1 unspecified atom stereocenters. The van der Waals surface area contributed by atoms with E-state index in [-0.39, 0.29) is 12.5 Å². The molecule has 0 saturated carbocycles. The van der Waals surface area contributed by atoms with Gasteiger partial charge in [-0.25, -0.2) is 0 Å². The highest BCUT2D eigenvalue weighted by Crippen LogP contribution is 2.23. The van der Waals surface area contributed by atoms with Crippen molar-refractivity contribution in [3.05, 3.63) is 35.9 Å². The molecule has 2 rings (SSSR count). The number of aliphatic hydroxyl groups is 3. The lowest BCUT2D eigenvalue weighted by Gasteiger charge is -2.42. The molecule has 7 nitrogen and oxygen atoms in total. The van der Waals surface area contributed by atoms with Gasteiger partial charge in [-0.1, -0.05) is 30.3 Å². The van der Waals surface area contributed by atoms with E-state index in [2.05, 4.69) is 5.32 Å². The normalized spacial score (nSPS) is 31.7. The van der Waals surface area contributed by atoms with Crippen LogP contribution in [0.25, 0.3) is 0 Å². The fraction of sp³-hybridized carbons (Fsp3) is 0.533. The number of amides is 1. The van der Waals surface area contributed by atoms with E-state index in [0.717, 1.165) is 5.56 Å². The van der Waals surface area contributed by atoms with Crippen LogP contribution in [0.3, 0.4) is 0 Å². The van der Waals surface area contributed by atoms with Crippen LogP contribution in [-0.2, 0) is 20.9 Å². The fourth-order valence-corrected chi connectivity index (χ4v) is 2.37. The summed E-state index contributed by atoms with van der Waals surface area (Å²) in [4.78, 5) is 11.3. The maximum Gasteiger partial charge on any atom is 0.217 e. The minimum Gasteiger partial charge on any atom is -0.394 e. The number of benzene rings is 1. The molecule has 22 heavy (non-hydrogen) atoms.